The largest absolute Gasteiger partial charge is 0.497 e. The van der Waals surface area contributed by atoms with Crippen LogP contribution in [0.1, 0.15) is 31.6 Å². The first-order valence-electron chi connectivity index (χ1n) is 8.77. The first-order chi connectivity index (χ1) is 12.1. The van der Waals surface area contributed by atoms with Crippen LogP contribution in [0.3, 0.4) is 0 Å². The van der Waals surface area contributed by atoms with Crippen LogP contribution in [0.5, 0.6) is 5.75 Å². The van der Waals surface area contributed by atoms with Gasteiger partial charge in [0.05, 0.1) is 26.1 Å². The van der Waals surface area contributed by atoms with E-state index in [1.54, 1.807) is 13.4 Å². The van der Waals surface area contributed by atoms with E-state index in [2.05, 4.69) is 30.9 Å². The number of aliphatic hydroxyl groups excluding tert-OH is 1. The van der Waals surface area contributed by atoms with Gasteiger partial charge < -0.3 is 19.0 Å². The zero-order valence-electron chi connectivity index (χ0n) is 15.4. The summed E-state index contributed by atoms with van der Waals surface area (Å²) in [6, 6.07) is 12.1. The van der Waals surface area contributed by atoms with Crippen LogP contribution >= 0.6 is 0 Å². The van der Waals surface area contributed by atoms with Crippen molar-refractivity contribution in [2.45, 2.75) is 45.6 Å². The molecule has 0 spiro atoms. The van der Waals surface area contributed by atoms with Crippen molar-refractivity contribution in [2.24, 2.45) is 0 Å². The highest BCUT2D eigenvalue weighted by molar-refractivity contribution is 5.27. The van der Waals surface area contributed by atoms with Gasteiger partial charge in [-0.05, 0) is 43.2 Å². The molecule has 0 amide bonds. The third-order valence-corrected chi connectivity index (χ3v) is 4.34. The lowest BCUT2D eigenvalue weighted by molar-refractivity contribution is -0.00271. The Balaban J connectivity index is 1.85. The minimum absolute atomic E-state index is 0.288. The van der Waals surface area contributed by atoms with Crippen molar-refractivity contribution in [3.05, 3.63) is 54.0 Å². The van der Waals surface area contributed by atoms with Crippen LogP contribution in [0.2, 0.25) is 0 Å². The Bertz CT molecular complexity index is 582. The molecule has 1 N–H and O–H groups in total. The summed E-state index contributed by atoms with van der Waals surface area (Å²) in [6.07, 6.45) is 2.10. The molecule has 2 unspecified atom stereocenters. The molecule has 0 saturated heterocycles. The van der Waals surface area contributed by atoms with Crippen LogP contribution in [0, 0.1) is 0 Å². The summed E-state index contributed by atoms with van der Waals surface area (Å²) in [6.45, 7) is 6.36. The van der Waals surface area contributed by atoms with Crippen molar-refractivity contribution in [1.29, 1.82) is 0 Å². The van der Waals surface area contributed by atoms with E-state index in [-0.39, 0.29) is 6.61 Å². The molecule has 1 aromatic heterocycles. The summed E-state index contributed by atoms with van der Waals surface area (Å²) in [4.78, 5) is 2.28. The van der Waals surface area contributed by atoms with Gasteiger partial charge in [0.15, 0.2) is 0 Å². The molecule has 0 aliphatic carbocycles. The lowest BCUT2D eigenvalue weighted by atomic mass is 10.1. The summed E-state index contributed by atoms with van der Waals surface area (Å²) in [5.74, 6) is 1.62. The van der Waals surface area contributed by atoms with Crippen molar-refractivity contribution >= 4 is 0 Å². The van der Waals surface area contributed by atoms with Gasteiger partial charge in [0.1, 0.15) is 18.1 Å². The fraction of sp³-hybridized carbons (Fsp3) is 0.500. The third-order valence-electron chi connectivity index (χ3n) is 4.34. The standard InChI is InChI=1S/C20H29NO4/c1-4-16(2)21(12-17-7-9-19(23-3)10-8-17)13-18(22)14-24-15-20-6-5-11-25-20/h5-11,16,18,22H,4,12-15H2,1-3H3. The van der Waals surface area contributed by atoms with Gasteiger partial charge in [-0.1, -0.05) is 19.1 Å². The highest BCUT2D eigenvalue weighted by Crippen LogP contribution is 2.16. The Labute approximate surface area is 150 Å². The molecule has 0 fully saturated rings. The molecule has 1 heterocycles. The van der Waals surface area contributed by atoms with Crippen molar-refractivity contribution in [2.75, 3.05) is 20.3 Å². The SMILES string of the molecule is CCC(C)N(Cc1ccc(OC)cc1)CC(O)COCc1ccco1. The number of ether oxygens (including phenoxy) is 2. The maximum atomic E-state index is 10.3. The van der Waals surface area contributed by atoms with Crippen LogP contribution in [-0.2, 0) is 17.9 Å². The van der Waals surface area contributed by atoms with E-state index < -0.39 is 6.10 Å². The molecular formula is C20H29NO4. The topological polar surface area (TPSA) is 55.1 Å². The summed E-state index contributed by atoms with van der Waals surface area (Å²) >= 11 is 0. The molecule has 2 aromatic rings. The van der Waals surface area contributed by atoms with E-state index >= 15 is 0 Å². The van der Waals surface area contributed by atoms with E-state index in [1.807, 2.05) is 24.3 Å². The number of benzene rings is 1. The zero-order valence-corrected chi connectivity index (χ0v) is 15.4. The summed E-state index contributed by atoms with van der Waals surface area (Å²) in [7, 11) is 1.67. The number of hydrogen-bond donors (Lipinski definition) is 1. The van der Waals surface area contributed by atoms with Gasteiger partial charge in [-0.3, -0.25) is 4.90 Å². The predicted octanol–water partition coefficient (Wildman–Crippen LogP) is 3.47. The van der Waals surface area contributed by atoms with Gasteiger partial charge in [0.25, 0.3) is 0 Å². The Hall–Kier alpha value is -1.82. The molecule has 25 heavy (non-hydrogen) atoms. The Kier molecular flexibility index (Phi) is 7.98. The Morgan fingerprint density at radius 2 is 1.96 bits per heavy atom. The summed E-state index contributed by atoms with van der Waals surface area (Å²) in [5, 5.41) is 10.3. The van der Waals surface area contributed by atoms with Crippen LogP contribution < -0.4 is 4.74 Å². The molecule has 0 saturated carbocycles. The van der Waals surface area contributed by atoms with Crippen molar-refractivity contribution < 1.29 is 19.0 Å². The van der Waals surface area contributed by atoms with Crippen LogP contribution in [0.4, 0.5) is 0 Å². The zero-order chi connectivity index (χ0) is 18.1. The average molecular weight is 347 g/mol. The molecule has 0 aliphatic heterocycles. The average Bonchev–Trinajstić information content (AvgIpc) is 3.14. The van der Waals surface area contributed by atoms with E-state index in [0.29, 0.717) is 19.2 Å². The molecule has 0 radical (unpaired) electrons. The monoisotopic (exact) mass is 347 g/mol. The van der Waals surface area contributed by atoms with E-state index in [9.17, 15) is 5.11 Å². The maximum absolute atomic E-state index is 10.3. The fourth-order valence-electron chi connectivity index (χ4n) is 2.64. The smallest absolute Gasteiger partial charge is 0.129 e. The van der Waals surface area contributed by atoms with E-state index in [1.165, 1.54) is 5.56 Å². The summed E-state index contributed by atoms with van der Waals surface area (Å²) in [5.41, 5.74) is 1.20. The van der Waals surface area contributed by atoms with E-state index in [0.717, 1.165) is 24.5 Å². The first-order valence-corrected chi connectivity index (χ1v) is 8.77. The lowest BCUT2D eigenvalue weighted by Gasteiger charge is -2.30. The van der Waals surface area contributed by atoms with Crippen molar-refractivity contribution in [3.63, 3.8) is 0 Å². The Morgan fingerprint density at radius 1 is 1.20 bits per heavy atom. The molecule has 5 heteroatoms. The predicted molar refractivity (Wildman–Crippen MR) is 97.5 cm³/mol. The molecule has 2 rings (SSSR count). The minimum Gasteiger partial charge on any atom is -0.497 e. The molecule has 0 aliphatic rings. The van der Waals surface area contributed by atoms with Gasteiger partial charge in [-0.15, -0.1) is 0 Å². The maximum Gasteiger partial charge on any atom is 0.129 e. The number of methoxy groups -OCH3 is 1. The number of rotatable bonds is 11. The van der Waals surface area contributed by atoms with Crippen molar-refractivity contribution in [3.8, 4) is 5.75 Å². The van der Waals surface area contributed by atoms with E-state index in [4.69, 9.17) is 13.9 Å². The molecule has 2 atom stereocenters. The second kappa shape index (κ2) is 10.2. The molecule has 1 aromatic carbocycles. The number of aliphatic hydroxyl groups is 1. The quantitative estimate of drug-likeness (QED) is 0.674. The number of hydrogen-bond acceptors (Lipinski definition) is 5. The van der Waals surface area contributed by atoms with Gasteiger partial charge >= 0.3 is 0 Å². The third kappa shape index (κ3) is 6.53. The summed E-state index contributed by atoms with van der Waals surface area (Å²) < 4.78 is 16.0. The van der Waals surface area contributed by atoms with Crippen LogP contribution in [0.25, 0.3) is 0 Å². The second-order valence-corrected chi connectivity index (χ2v) is 6.28. The van der Waals surface area contributed by atoms with Gasteiger partial charge in [-0.2, -0.15) is 0 Å². The fourth-order valence-corrected chi connectivity index (χ4v) is 2.64. The Morgan fingerprint density at radius 3 is 2.56 bits per heavy atom. The number of furan rings is 1. The molecular weight excluding hydrogens is 318 g/mol. The number of nitrogens with zero attached hydrogens (tertiary/aromatic N) is 1. The molecule has 138 valence electrons. The molecule has 0 bridgehead atoms. The van der Waals surface area contributed by atoms with Crippen LogP contribution in [0.15, 0.2) is 47.1 Å². The highest BCUT2D eigenvalue weighted by atomic mass is 16.5. The lowest BCUT2D eigenvalue weighted by Crippen LogP contribution is -2.39. The molecule has 5 nitrogen and oxygen atoms in total. The van der Waals surface area contributed by atoms with Gasteiger partial charge in [-0.25, -0.2) is 0 Å². The second-order valence-electron chi connectivity index (χ2n) is 6.28. The van der Waals surface area contributed by atoms with Crippen molar-refractivity contribution in [1.82, 2.24) is 4.90 Å². The first kappa shape index (κ1) is 19.5. The normalized spacial score (nSPS) is 13.8. The van der Waals surface area contributed by atoms with Gasteiger partial charge in [0, 0.05) is 19.1 Å². The highest BCUT2D eigenvalue weighted by Gasteiger charge is 2.17. The van der Waals surface area contributed by atoms with Crippen LogP contribution in [-0.4, -0.2) is 42.4 Å². The minimum atomic E-state index is -0.540. The van der Waals surface area contributed by atoms with Gasteiger partial charge in [0.2, 0.25) is 0 Å².